The van der Waals surface area contributed by atoms with Gasteiger partial charge in [-0.1, -0.05) is 72.3 Å². The fourth-order valence-corrected chi connectivity index (χ4v) is 5.28. The zero-order valence-corrected chi connectivity index (χ0v) is 18.8. The minimum atomic E-state index is -1.34. The Morgan fingerprint density at radius 2 is 1.44 bits per heavy atom. The van der Waals surface area contributed by atoms with Crippen LogP contribution in [-0.4, -0.2) is 47.5 Å². The van der Waals surface area contributed by atoms with Crippen LogP contribution in [-0.2, 0) is 12.1 Å². The van der Waals surface area contributed by atoms with Gasteiger partial charge in [0, 0.05) is 48.9 Å². The summed E-state index contributed by atoms with van der Waals surface area (Å²) >= 11 is 6.31. The Bertz CT molecular complexity index is 1160. The highest BCUT2D eigenvalue weighted by Gasteiger charge is 2.58. The highest BCUT2D eigenvalue weighted by Crippen LogP contribution is 2.43. The molecule has 3 aromatic carbocycles. The standard InChI is InChI=1S/C27H25ClN2O2/c1-19-7-2-3-8-20(19)18-29-13-15-30(16-14-29)27(21-9-6-10-22(28)17-21)25(31)23-11-4-5-12-24(23)26(27)32/h2-12,17H,13-16,18H2,1H3. The van der Waals surface area contributed by atoms with Crippen LogP contribution in [0.1, 0.15) is 37.4 Å². The van der Waals surface area contributed by atoms with Crippen LogP contribution in [0.4, 0.5) is 0 Å². The Kier molecular flexibility index (Phi) is 5.46. The molecule has 0 unspecified atom stereocenters. The quantitative estimate of drug-likeness (QED) is 0.545. The Labute approximate surface area is 193 Å². The average Bonchev–Trinajstić information content (AvgIpc) is 3.04. The predicted molar refractivity (Wildman–Crippen MR) is 126 cm³/mol. The first-order valence-corrected chi connectivity index (χ1v) is 11.4. The van der Waals surface area contributed by atoms with Gasteiger partial charge >= 0.3 is 0 Å². The molecule has 1 aliphatic carbocycles. The zero-order chi connectivity index (χ0) is 22.3. The number of hydrogen-bond acceptors (Lipinski definition) is 4. The fourth-order valence-electron chi connectivity index (χ4n) is 5.09. The molecule has 1 fully saturated rings. The van der Waals surface area contributed by atoms with E-state index in [0.717, 1.165) is 19.6 Å². The van der Waals surface area contributed by atoms with Gasteiger partial charge in [0.05, 0.1) is 0 Å². The van der Waals surface area contributed by atoms with E-state index in [0.29, 0.717) is 34.8 Å². The van der Waals surface area contributed by atoms with Crippen molar-refractivity contribution in [3.63, 3.8) is 0 Å². The minimum Gasteiger partial charge on any atom is -0.297 e. The van der Waals surface area contributed by atoms with Gasteiger partial charge in [-0.25, -0.2) is 0 Å². The normalized spacial score (nSPS) is 18.7. The van der Waals surface area contributed by atoms with Gasteiger partial charge in [0.2, 0.25) is 0 Å². The molecule has 1 saturated heterocycles. The number of rotatable bonds is 4. The largest absolute Gasteiger partial charge is 0.297 e. The van der Waals surface area contributed by atoms with Crippen LogP contribution in [0.15, 0.2) is 72.8 Å². The molecule has 0 radical (unpaired) electrons. The molecule has 0 atom stereocenters. The van der Waals surface area contributed by atoms with E-state index < -0.39 is 5.54 Å². The van der Waals surface area contributed by atoms with Crippen LogP contribution in [0.2, 0.25) is 5.02 Å². The van der Waals surface area contributed by atoms with Crippen LogP contribution in [0.5, 0.6) is 0 Å². The average molecular weight is 445 g/mol. The van der Waals surface area contributed by atoms with Crippen molar-refractivity contribution in [1.29, 1.82) is 0 Å². The van der Waals surface area contributed by atoms with Gasteiger partial charge in [-0.2, -0.15) is 0 Å². The second kappa shape index (κ2) is 8.28. The van der Waals surface area contributed by atoms with Gasteiger partial charge in [0.25, 0.3) is 0 Å². The maximum atomic E-state index is 13.8. The van der Waals surface area contributed by atoms with Crippen LogP contribution in [0, 0.1) is 6.92 Å². The number of hydrogen-bond donors (Lipinski definition) is 0. The molecule has 1 aliphatic heterocycles. The van der Waals surface area contributed by atoms with Crippen molar-refractivity contribution in [2.45, 2.75) is 19.0 Å². The molecular formula is C27H25ClN2O2. The van der Waals surface area contributed by atoms with E-state index in [9.17, 15) is 9.59 Å². The number of carbonyl (C=O) groups is 2. The summed E-state index contributed by atoms with van der Waals surface area (Å²) in [6.45, 7) is 5.83. The van der Waals surface area contributed by atoms with Crippen molar-refractivity contribution in [1.82, 2.24) is 9.80 Å². The van der Waals surface area contributed by atoms with Crippen LogP contribution >= 0.6 is 11.6 Å². The summed E-state index contributed by atoms with van der Waals surface area (Å²) < 4.78 is 0. The summed E-state index contributed by atoms with van der Waals surface area (Å²) in [5.41, 5.74) is 2.90. The molecule has 1 heterocycles. The first kappa shape index (κ1) is 21.1. The number of fused-ring (bicyclic) bond motifs is 1. The summed E-state index contributed by atoms with van der Waals surface area (Å²) in [6, 6.07) is 22.8. The van der Waals surface area contributed by atoms with Gasteiger partial charge in [-0.05, 0) is 35.7 Å². The monoisotopic (exact) mass is 444 g/mol. The number of piperazine rings is 1. The Morgan fingerprint density at radius 3 is 2.06 bits per heavy atom. The molecule has 0 aromatic heterocycles. The Morgan fingerprint density at radius 1 is 0.812 bits per heavy atom. The lowest BCUT2D eigenvalue weighted by molar-refractivity contribution is 0.0279. The van der Waals surface area contributed by atoms with Gasteiger partial charge in [0.15, 0.2) is 17.1 Å². The van der Waals surface area contributed by atoms with Crippen LogP contribution in [0.3, 0.4) is 0 Å². The minimum absolute atomic E-state index is 0.146. The van der Waals surface area contributed by atoms with E-state index in [1.807, 2.05) is 24.3 Å². The molecule has 0 amide bonds. The summed E-state index contributed by atoms with van der Waals surface area (Å²) in [5.74, 6) is -0.291. The molecule has 0 bridgehead atoms. The summed E-state index contributed by atoms with van der Waals surface area (Å²) in [7, 11) is 0. The van der Waals surface area contributed by atoms with Crippen molar-refractivity contribution in [2.75, 3.05) is 26.2 Å². The van der Waals surface area contributed by atoms with E-state index in [4.69, 9.17) is 11.6 Å². The maximum Gasteiger partial charge on any atom is 0.196 e. The van der Waals surface area contributed by atoms with E-state index >= 15 is 0 Å². The van der Waals surface area contributed by atoms with E-state index in [2.05, 4.69) is 41.0 Å². The number of ketones is 2. The Hall–Kier alpha value is -2.79. The molecule has 5 rings (SSSR count). The molecule has 4 nitrogen and oxygen atoms in total. The summed E-state index contributed by atoms with van der Waals surface area (Å²) in [6.07, 6.45) is 0. The Balaban J connectivity index is 1.48. The third kappa shape index (κ3) is 3.30. The number of benzene rings is 3. The van der Waals surface area contributed by atoms with Gasteiger partial charge in [-0.3, -0.25) is 19.4 Å². The van der Waals surface area contributed by atoms with Crippen molar-refractivity contribution in [2.24, 2.45) is 0 Å². The van der Waals surface area contributed by atoms with Crippen LogP contribution < -0.4 is 0 Å². The van der Waals surface area contributed by atoms with Crippen molar-refractivity contribution < 1.29 is 9.59 Å². The number of Topliss-reactive ketones (excluding diaryl/α,β-unsaturated/α-hetero) is 2. The van der Waals surface area contributed by atoms with Crippen molar-refractivity contribution in [3.8, 4) is 0 Å². The van der Waals surface area contributed by atoms with Gasteiger partial charge in [-0.15, -0.1) is 0 Å². The highest BCUT2D eigenvalue weighted by molar-refractivity contribution is 6.34. The number of halogens is 1. The highest BCUT2D eigenvalue weighted by atomic mass is 35.5. The lowest BCUT2D eigenvalue weighted by atomic mass is 9.82. The molecule has 2 aliphatic rings. The van der Waals surface area contributed by atoms with E-state index in [-0.39, 0.29) is 11.6 Å². The topological polar surface area (TPSA) is 40.6 Å². The zero-order valence-electron chi connectivity index (χ0n) is 18.1. The molecule has 3 aromatic rings. The van der Waals surface area contributed by atoms with E-state index in [1.54, 1.807) is 24.3 Å². The SMILES string of the molecule is Cc1ccccc1CN1CCN(C2(c3cccc(Cl)c3)C(=O)c3ccccc3C2=O)CC1. The lowest BCUT2D eigenvalue weighted by Gasteiger charge is -2.44. The maximum absolute atomic E-state index is 13.8. The lowest BCUT2D eigenvalue weighted by Crippen LogP contribution is -2.60. The molecule has 0 N–H and O–H groups in total. The second-order valence-electron chi connectivity index (χ2n) is 8.61. The predicted octanol–water partition coefficient (Wildman–Crippen LogP) is 4.74. The second-order valence-corrected chi connectivity index (χ2v) is 9.05. The fraction of sp³-hybridized carbons (Fsp3) is 0.259. The summed E-state index contributed by atoms with van der Waals surface area (Å²) in [4.78, 5) is 32.1. The molecule has 32 heavy (non-hydrogen) atoms. The molecular weight excluding hydrogens is 420 g/mol. The first-order valence-electron chi connectivity index (χ1n) is 11.0. The molecule has 0 saturated carbocycles. The number of carbonyl (C=O) groups excluding carboxylic acids is 2. The van der Waals surface area contributed by atoms with Crippen molar-refractivity contribution in [3.05, 3.63) is 106 Å². The number of aryl methyl sites for hydroxylation is 1. The van der Waals surface area contributed by atoms with Gasteiger partial charge in [0.1, 0.15) is 0 Å². The van der Waals surface area contributed by atoms with E-state index in [1.165, 1.54) is 11.1 Å². The molecule has 0 spiro atoms. The third-order valence-electron chi connectivity index (χ3n) is 6.82. The number of nitrogens with zero attached hydrogens (tertiary/aromatic N) is 2. The third-order valence-corrected chi connectivity index (χ3v) is 7.05. The van der Waals surface area contributed by atoms with Crippen LogP contribution in [0.25, 0.3) is 0 Å². The first-order chi connectivity index (χ1) is 15.5. The molecule has 162 valence electrons. The smallest absolute Gasteiger partial charge is 0.196 e. The van der Waals surface area contributed by atoms with Gasteiger partial charge < -0.3 is 0 Å². The molecule has 5 heteroatoms. The van der Waals surface area contributed by atoms with Crippen molar-refractivity contribution >= 4 is 23.2 Å². The summed E-state index contributed by atoms with van der Waals surface area (Å²) in [5, 5.41) is 0.525.